The van der Waals surface area contributed by atoms with Crippen LogP contribution in [0, 0.1) is 10.1 Å². The number of imidazole rings is 1. The predicted molar refractivity (Wildman–Crippen MR) is 87.1 cm³/mol. The lowest BCUT2D eigenvalue weighted by atomic mass is 10.3. The summed E-state index contributed by atoms with van der Waals surface area (Å²) in [6.07, 6.45) is 1.22. The zero-order valence-corrected chi connectivity index (χ0v) is 13.9. The van der Waals surface area contributed by atoms with Crippen LogP contribution in [0.2, 0.25) is 0 Å². The van der Waals surface area contributed by atoms with Crippen molar-refractivity contribution in [3.63, 3.8) is 0 Å². The molecule has 23 heavy (non-hydrogen) atoms. The fourth-order valence-electron chi connectivity index (χ4n) is 2.05. The Morgan fingerprint density at radius 1 is 1.30 bits per heavy atom. The number of nitrogens with zero attached hydrogens (tertiary/aromatic N) is 4. The van der Waals surface area contributed by atoms with E-state index in [1.807, 2.05) is 0 Å². The molecule has 0 aliphatic carbocycles. The van der Waals surface area contributed by atoms with E-state index in [2.05, 4.69) is 30.7 Å². The summed E-state index contributed by atoms with van der Waals surface area (Å²) in [4.78, 5) is 32.1. The number of carbonyl (C=O) groups excluding carboxylic acids is 1. The standard InChI is InChI=1S/C9H7N3O4.C6H15N/c1-6(13)16-11-5-10-7-3-2-4-8(9(7)11)12(14)15;1-4-7(5-2)6-3/h2-5H,1H3;4-6H2,1-3H3. The fourth-order valence-corrected chi connectivity index (χ4v) is 2.05. The number of benzene rings is 1. The average molecular weight is 322 g/mol. The topological polar surface area (TPSA) is 90.5 Å². The largest absolute Gasteiger partial charge is 0.335 e. The highest BCUT2D eigenvalue weighted by molar-refractivity contribution is 5.85. The van der Waals surface area contributed by atoms with Gasteiger partial charge in [-0.3, -0.25) is 10.1 Å². The van der Waals surface area contributed by atoms with Gasteiger partial charge in [-0.2, -0.15) is 4.73 Å². The van der Waals surface area contributed by atoms with E-state index in [0.717, 1.165) is 4.73 Å². The molecule has 0 unspecified atom stereocenters. The first-order valence-corrected chi connectivity index (χ1v) is 7.46. The third kappa shape index (κ3) is 5.03. The van der Waals surface area contributed by atoms with Crippen molar-refractivity contribution in [2.45, 2.75) is 27.7 Å². The van der Waals surface area contributed by atoms with E-state index in [0.29, 0.717) is 5.52 Å². The lowest BCUT2D eigenvalue weighted by Crippen LogP contribution is -2.21. The molecule has 0 radical (unpaired) electrons. The Morgan fingerprint density at radius 3 is 2.35 bits per heavy atom. The second-order valence-corrected chi connectivity index (χ2v) is 4.67. The molecule has 126 valence electrons. The van der Waals surface area contributed by atoms with Crippen molar-refractivity contribution in [3.8, 4) is 0 Å². The first-order chi connectivity index (χ1) is 10.9. The number of rotatable bonds is 5. The van der Waals surface area contributed by atoms with Gasteiger partial charge in [0.15, 0.2) is 5.52 Å². The molecule has 2 aromatic rings. The van der Waals surface area contributed by atoms with Crippen LogP contribution in [0.25, 0.3) is 11.0 Å². The zero-order chi connectivity index (χ0) is 17.4. The third-order valence-electron chi connectivity index (χ3n) is 3.28. The minimum atomic E-state index is -0.572. The van der Waals surface area contributed by atoms with E-state index in [4.69, 9.17) is 4.84 Å². The maximum atomic E-state index is 10.8. The summed E-state index contributed by atoms with van der Waals surface area (Å²) in [6, 6.07) is 4.44. The molecule has 2 rings (SSSR count). The highest BCUT2D eigenvalue weighted by Gasteiger charge is 2.17. The minimum absolute atomic E-state index is 0.156. The third-order valence-corrected chi connectivity index (χ3v) is 3.28. The molecule has 0 atom stereocenters. The Bertz CT molecular complexity index is 659. The fraction of sp³-hybridized carbons (Fsp3) is 0.467. The molecule has 8 nitrogen and oxygen atoms in total. The number of carbonyl (C=O) groups is 1. The number of nitro benzene ring substituents is 1. The van der Waals surface area contributed by atoms with Crippen molar-refractivity contribution in [1.29, 1.82) is 0 Å². The van der Waals surface area contributed by atoms with Crippen LogP contribution in [-0.2, 0) is 4.79 Å². The number of hydrogen-bond donors (Lipinski definition) is 0. The number of fused-ring (bicyclic) bond motifs is 1. The Hall–Kier alpha value is -2.48. The summed E-state index contributed by atoms with van der Waals surface area (Å²) < 4.78 is 0.996. The highest BCUT2D eigenvalue weighted by atomic mass is 16.7. The van der Waals surface area contributed by atoms with Gasteiger partial charge in [0.2, 0.25) is 0 Å². The van der Waals surface area contributed by atoms with Crippen LogP contribution >= 0.6 is 0 Å². The molecule has 0 aliphatic rings. The molecule has 1 heterocycles. The van der Waals surface area contributed by atoms with Crippen LogP contribution in [-0.4, -0.2) is 45.1 Å². The van der Waals surface area contributed by atoms with E-state index < -0.39 is 10.9 Å². The van der Waals surface area contributed by atoms with Gasteiger partial charge in [-0.1, -0.05) is 26.8 Å². The highest BCUT2D eigenvalue weighted by Crippen LogP contribution is 2.23. The van der Waals surface area contributed by atoms with Gasteiger partial charge in [0.05, 0.1) is 10.4 Å². The van der Waals surface area contributed by atoms with Gasteiger partial charge < -0.3 is 9.74 Å². The van der Waals surface area contributed by atoms with Crippen molar-refractivity contribution in [1.82, 2.24) is 14.6 Å². The summed E-state index contributed by atoms with van der Waals surface area (Å²) >= 11 is 0. The first-order valence-electron chi connectivity index (χ1n) is 7.46. The number of non-ortho nitro benzene ring substituents is 1. The van der Waals surface area contributed by atoms with Crippen molar-refractivity contribution in [2.75, 3.05) is 19.6 Å². The number of aromatic nitrogens is 2. The van der Waals surface area contributed by atoms with Crippen LogP contribution in [0.15, 0.2) is 24.5 Å². The number of para-hydroxylation sites is 1. The molecule has 0 spiro atoms. The normalized spacial score (nSPS) is 10.3. The minimum Gasteiger partial charge on any atom is -0.335 e. The summed E-state index contributed by atoms with van der Waals surface area (Å²) in [7, 11) is 0. The van der Waals surface area contributed by atoms with Gasteiger partial charge in [-0.05, 0) is 25.7 Å². The van der Waals surface area contributed by atoms with Gasteiger partial charge in [0, 0.05) is 13.0 Å². The smallest absolute Gasteiger partial charge is 0.329 e. The van der Waals surface area contributed by atoms with E-state index in [9.17, 15) is 14.9 Å². The Labute approximate surface area is 134 Å². The monoisotopic (exact) mass is 322 g/mol. The van der Waals surface area contributed by atoms with Gasteiger partial charge in [-0.25, -0.2) is 9.78 Å². The van der Waals surface area contributed by atoms with Gasteiger partial charge in [0.1, 0.15) is 6.33 Å². The molecule has 1 aromatic heterocycles. The van der Waals surface area contributed by atoms with Crippen molar-refractivity contribution in [3.05, 3.63) is 34.6 Å². The summed E-state index contributed by atoms with van der Waals surface area (Å²) in [6.45, 7) is 11.3. The molecular formula is C15H22N4O4. The summed E-state index contributed by atoms with van der Waals surface area (Å²) in [5.74, 6) is -0.572. The zero-order valence-electron chi connectivity index (χ0n) is 13.9. The van der Waals surface area contributed by atoms with Crippen LogP contribution < -0.4 is 4.84 Å². The Kier molecular flexibility index (Phi) is 7.14. The lowest BCUT2D eigenvalue weighted by molar-refractivity contribution is -0.383. The molecule has 0 fully saturated rings. The molecule has 0 amide bonds. The molecule has 0 aliphatic heterocycles. The van der Waals surface area contributed by atoms with E-state index in [-0.39, 0.29) is 11.2 Å². The van der Waals surface area contributed by atoms with E-state index >= 15 is 0 Å². The summed E-state index contributed by atoms with van der Waals surface area (Å²) in [5, 5.41) is 10.8. The molecule has 0 saturated heterocycles. The molecular weight excluding hydrogens is 300 g/mol. The molecule has 8 heteroatoms. The molecule has 0 saturated carbocycles. The average Bonchev–Trinajstić information content (AvgIpc) is 2.92. The van der Waals surface area contributed by atoms with E-state index in [1.165, 1.54) is 45.0 Å². The van der Waals surface area contributed by atoms with Crippen LogP contribution in [0.3, 0.4) is 0 Å². The van der Waals surface area contributed by atoms with Gasteiger partial charge in [-0.15, -0.1) is 0 Å². The quantitative estimate of drug-likeness (QED) is 0.619. The van der Waals surface area contributed by atoms with Crippen LogP contribution in [0.4, 0.5) is 5.69 Å². The molecule has 1 aromatic carbocycles. The van der Waals surface area contributed by atoms with Crippen molar-refractivity contribution in [2.24, 2.45) is 0 Å². The SMILES string of the molecule is CC(=O)On1cnc2cccc([N+](=O)[O-])c21.CCN(CC)CC. The van der Waals surface area contributed by atoms with Crippen LogP contribution in [0.1, 0.15) is 27.7 Å². The maximum Gasteiger partial charge on any atom is 0.329 e. The second kappa shape index (κ2) is 8.84. The van der Waals surface area contributed by atoms with Crippen LogP contribution in [0.5, 0.6) is 0 Å². The Morgan fingerprint density at radius 2 is 1.91 bits per heavy atom. The van der Waals surface area contributed by atoms with Gasteiger partial charge in [0.25, 0.3) is 5.69 Å². The van der Waals surface area contributed by atoms with Gasteiger partial charge >= 0.3 is 5.97 Å². The molecule has 0 N–H and O–H groups in total. The number of nitro groups is 1. The van der Waals surface area contributed by atoms with Crippen molar-refractivity contribution < 1.29 is 14.6 Å². The lowest BCUT2D eigenvalue weighted by Gasteiger charge is -2.13. The molecule has 0 bridgehead atoms. The number of hydrogen-bond acceptors (Lipinski definition) is 6. The maximum absolute atomic E-state index is 10.8. The predicted octanol–water partition coefficient (Wildman–Crippen LogP) is 2.27. The summed E-state index contributed by atoms with van der Waals surface area (Å²) in [5.41, 5.74) is 0.411. The van der Waals surface area contributed by atoms with Crippen molar-refractivity contribution >= 4 is 22.7 Å². The Balaban J connectivity index is 0.000000322. The first kappa shape index (κ1) is 18.6. The second-order valence-electron chi connectivity index (χ2n) is 4.67. The van der Waals surface area contributed by atoms with E-state index in [1.54, 1.807) is 6.07 Å².